The molecule has 2 aromatic rings. The fourth-order valence-corrected chi connectivity index (χ4v) is 2.98. The fourth-order valence-electron chi connectivity index (χ4n) is 1.77. The first kappa shape index (κ1) is 14.4. The molecule has 1 aromatic carbocycles. The van der Waals surface area contributed by atoms with Gasteiger partial charge in [-0.05, 0) is 19.2 Å². The summed E-state index contributed by atoms with van der Waals surface area (Å²) < 4.78 is 32.3. The van der Waals surface area contributed by atoms with Crippen LogP contribution in [0.25, 0.3) is 0 Å². The molecule has 1 heterocycles. The summed E-state index contributed by atoms with van der Waals surface area (Å²) in [6.07, 6.45) is 1.48. The molecule has 0 aliphatic rings. The number of nitrogens with one attached hydrogen (secondary N) is 3. The van der Waals surface area contributed by atoms with Crippen LogP contribution in [0, 0.1) is 0 Å². The summed E-state index contributed by atoms with van der Waals surface area (Å²) in [4.78, 5) is 0. The van der Waals surface area contributed by atoms with Gasteiger partial charge >= 0.3 is 0 Å². The van der Waals surface area contributed by atoms with Gasteiger partial charge in [-0.15, -0.1) is 0 Å². The molecule has 0 atom stereocenters. The van der Waals surface area contributed by atoms with Gasteiger partial charge in [-0.2, -0.15) is 13.5 Å². The number of H-pyrrole nitrogens is 1. The summed E-state index contributed by atoms with van der Waals surface area (Å²) in [5, 5.41) is 9.21. The van der Waals surface area contributed by atoms with Gasteiger partial charge in [-0.25, -0.2) is 0 Å². The summed E-state index contributed by atoms with van der Waals surface area (Å²) >= 11 is 0. The second-order valence-electron chi connectivity index (χ2n) is 4.06. The molecular weight excluding hydrogens is 280 g/mol. The Hall–Kier alpha value is -2.06. The minimum atomic E-state index is -3.74. The van der Waals surface area contributed by atoms with Crippen molar-refractivity contribution >= 4 is 15.7 Å². The largest absolute Gasteiger partial charge is 0.495 e. The normalized spacial score (nSPS) is 11.3. The summed E-state index contributed by atoms with van der Waals surface area (Å²) in [5.74, 6) is 0.450. The third kappa shape index (κ3) is 2.91. The van der Waals surface area contributed by atoms with Gasteiger partial charge in [0.1, 0.15) is 5.75 Å². The van der Waals surface area contributed by atoms with Crippen molar-refractivity contribution in [3.63, 3.8) is 0 Å². The lowest BCUT2D eigenvalue weighted by Gasteiger charge is -2.11. The van der Waals surface area contributed by atoms with Crippen molar-refractivity contribution in [1.29, 1.82) is 0 Å². The predicted octanol–water partition coefficient (Wildman–Crippen LogP) is 0.938. The highest BCUT2D eigenvalue weighted by Crippen LogP contribution is 2.26. The first-order chi connectivity index (χ1) is 9.58. The number of hydrogen-bond acceptors (Lipinski definition) is 5. The first-order valence-corrected chi connectivity index (χ1v) is 7.39. The number of nitrogens with zero attached hydrogens (tertiary/aromatic N) is 1. The SMILES string of the molecule is CNCc1cn[nH]c1S(=O)(=O)Nc1ccccc1OC. The average molecular weight is 296 g/mol. The quantitative estimate of drug-likeness (QED) is 0.737. The lowest BCUT2D eigenvalue weighted by atomic mass is 10.3. The Morgan fingerprint density at radius 3 is 2.80 bits per heavy atom. The maximum Gasteiger partial charge on any atom is 0.279 e. The Morgan fingerprint density at radius 2 is 2.10 bits per heavy atom. The van der Waals surface area contributed by atoms with Crippen LogP contribution in [0.2, 0.25) is 0 Å². The Balaban J connectivity index is 2.33. The van der Waals surface area contributed by atoms with E-state index in [1.165, 1.54) is 13.3 Å². The second-order valence-corrected chi connectivity index (χ2v) is 5.68. The first-order valence-electron chi connectivity index (χ1n) is 5.91. The number of para-hydroxylation sites is 2. The van der Waals surface area contributed by atoms with Crippen LogP contribution in [0.5, 0.6) is 5.75 Å². The highest BCUT2D eigenvalue weighted by atomic mass is 32.2. The van der Waals surface area contributed by atoms with Crippen molar-refractivity contribution in [2.75, 3.05) is 18.9 Å². The average Bonchev–Trinajstić information content (AvgIpc) is 2.88. The van der Waals surface area contributed by atoms with Crippen molar-refractivity contribution in [1.82, 2.24) is 15.5 Å². The molecular formula is C12H16N4O3S. The van der Waals surface area contributed by atoms with Gasteiger partial charge in [0.05, 0.1) is 19.0 Å². The van der Waals surface area contributed by atoms with E-state index < -0.39 is 10.0 Å². The highest BCUT2D eigenvalue weighted by Gasteiger charge is 2.21. The smallest absolute Gasteiger partial charge is 0.279 e. The molecule has 0 saturated heterocycles. The van der Waals surface area contributed by atoms with E-state index in [2.05, 4.69) is 20.2 Å². The molecule has 0 radical (unpaired) electrons. The van der Waals surface area contributed by atoms with E-state index in [0.717, 1.165) is 0 Å². The number of sulfonamides is 1. The van der Waals surface area contributed by atoms with E-state index in [-0.39, 0.29) is 5.03 Å². The molecule has 0 spiro atoms. The van der Waals surface area contributed by atoms with Crippen LogP contribution in [0.3, 0.4) is 0 Å². The molecule has 3 N–H and O–H groups in total. The van der Waals surface area contributed by atoms with E-state index in [9.17, 15) is 8.42 Å². The van der Waals surface area contributed by atoms with Gasteiger partial charge in [-0.3, -0.25) is 9.82 Å². The molecule has 0 unspecified atom stereocenters. The number of rotatable bonds is 6. The Kier molecular flexibility index (Phi) is 4.26. The zero-order valence-electron chi connectivity index (χ0n) is 11.2. The number of hydrogen-bond donors (Lipinski definition) is 3. The lowest BCUT2D eigenvalue weighted by Crippen LogP contribution is -2.17. The number of methoxy groups -OCH3 is 1. The van der Waals surface area contributed by atoms with Crippen LogP contribution < -0.4 is 14.8 Å². The van der Waals surface area contributed by atoms with Gasteiger partial charge in [0, 0.05) is 12.1 Å². The zero-order valence-corrected chi connectivity index (χ0v) is 12.0. The van der Waals surface area contributed by atoms with E-state index in [0.29, 0.717) is 23.5 Å². The van der Waals surface area contributed by atoms with Crippen molar-refractivity contribution in [3.05, 3.63) is 36.0 Å². The molecule has 0 fully saturated rings. The zero-order chi connectivity index (χ0) is 14.6. The molecule has 0 aliphatic carbocycles. The molecule has 0 amide bonds. The number of ether oxygens (including phenoxy) is 1. The Morgan fingerprint density at radius 1 is 1.35 bits per heavy atom. The Bertz CT molecular complexity index is 682. The standard InChI is InChI=1S/C12H16N4O3S/c1-13-7-9-8-14-15-12(9)20(17,18)16-10-5-3-4-6-11(10)19-2/h3-6,8,13,16H,7H2,1-2H3,(H,14,15). The van der Waals surface area contributed by atoms with Gasteiger partial charge in [0.25, 0.3) is 10.0 Å². The number of benzene rings is 1. The van der Waals surface area contributed by atoms with Crippen LogP contribution in [0.1, 0.15) is 5.56 Å². The summed E-state index contributed by atoms with van der Waals surface area (Å²) in [7, 11) is -0.528. The third-order valence-electron chi connectivity index (χ3n) is 2.67. The molecule has 0 saturated carbocycles. The van der Waals surface area contributed by atoms with Crippen molar-refractivity contribution in [2.45, 2.75) is 11.6 Å². The maximum atomic E-state index is 12.4. The summed E-state index contributed by atoms with van der Waals surface area (Å²) in [6, 6.07) is 6.80. The van der Waals surface area contributed by atoms with Crippen molar-refractivity contribution in [3.8, 4) is 5.75 Å². The summed E-state index contributed by atoms with van der Waals surface area (Å²) in [6.45, 7) is 0.401. The number of aromatic nitrogens is 2. The van der Waals surface area contributed by atoms with Gasteiger partial charge in [-0.1, -0.05) is 12.1 Å². The molecule has 108 valence electrons. The van der Waals surface area contributed by atoms with E-state index in [4.69, 9.17) is 4.74 Å². The number of aromatic amines is 1. The van der Waals surface area contributed by atoms with Crippen LogP contribution in [-0.4, -0.2) is 32.8 Å². The van der Waals surface area contributed by atoms with Crippen LogP contribution >= 0.6 is 0 Å². The van der Waals surface area contributed by atoms with E-state index in [1.54, 1.807) is 31.3 Å². The van der Waals surface area contributed by atoms with E-state index in [1.807, 2.05) is 0 Å². The van der Waals surface area contributed by atoms with Crippen molar-refractivity contribution in [2.24, 2.45) is 0 Å². The van der Waals surface area contributed by atoms with Crippen LogP contribution in [0.4, 0.5) is 5.69 Å². The van der Waals surface area contributed by atoms with Crippen LogP contribution in [-0.2, 0) is 16.6 Å². The highest BCUT2D eigenvalue weighted by molar-refractivity contribution is 7.92. The molecule has 8 heteroatoms. The maximum absolute atomic E-state index is 12.4. The molecule has 20 heavy (non-hydrogen) atoms. The predicted molar refractivity (Wildman–Crippen MR) is 75.2 cm³/mol. The van der Waals surface area contributed by atoms with Gasteiger partial charge in [0.15, 0.2) is 5.03 Å². The molecule has 0 aliphatic heterocycles. The second kappa shape index (κ2) is 5.93. The number of anilines is 1. The Labute approximate surface area is 117 Å². The lowest BCUT2D eigenvalue weighted by molar-refractivity contribution is 0.417. The molecule has 7 nitrogen and oxygen atoms in total. The van der Waals surface area contributed by atoms with E-state index >= 15 is 0 Å². The monoisotopic (exact) mass is 296 g/mol. The molecule has 0 bridgehead atoms. The summed E-state index contributed by atoms with van der Waals surface area (Å²) in [5.41, 5.74) is 0.940. The molecule has 1 aromatic heterocycles. The topological polar surface area (TPSA) is 96.1 Å². The van der Waals surface area contributed by atoms with Gasteiger partial charge in [0.2, 0.25) is 0 Å². The molecule has 2 rings (SSSR count). The fraction of sp³-hybridized carbons (Fsp3) is 0.250. The third-order valence-corrected chi connectivity index (χ3v) is 4.04. The van der Waals surface area contributed by atoms with Crippen molar-refractivity contribution < 1.29 is 13.2 Å². The van der Waals surface area contributed by atoms with Gasteiger partial charge < -0.3 is 10.1 Å². The minimum Gasteiger partial charge on any atom is -0.495 e. The van der Waals surface area contributed by atoms with Crippen LogP contribution in [0.15, 0.2) is 35.5 Å². The minimum absolute atomic E-state index is 0.0396.